The number of nitrogens with zero attached hydrogens (tertiary/aromatic N) is 1. The van der Waals surface area contributed by atoms with Gasteiger partial charge in [-0.3, -0.25) is 0 Å². The molecule has 0 aromatic rings. The minimum atomic E-state index is 0.794. The van der Waals surface area contributed by atoms with Crippen LogP contribution in [-0.4, -0.2) is 6.21 Å². The Kier molecular flexibility index (Phi) is 4.91. The minimum Gasteiger partial charge on any atom is -0.404 e. The van der Waals surface area contributed by atoms with Crippen molar-refractivity contribution >= 4 is 22.1 Å². The van der Waals surface area contributed by atoms with E-state index in [1.165, 1.54) is 12.4 Å². The average Bonchev–Trinajstić information content (AvgIpc) is 1.89. The standard InChI is InChI=1S/C5H8BrN3/c6-5(4-7)2-1-3-9-8/h1-4H,7-8H2/b2-1-,5-4+,9-3+. The van der Waals surface area contributed by atoms with Crippen molar-refractivity contribution in [2.24, 2.45) is 16.7 Å². The third-order valence-electron chi connectivity index (χ3n) is 0.587. The zero-order valence-electron chi connectivity index (χ0n) is 4.79. The van der Waals surface area contributed by atoms with Gasteiger partial charge in [0.1, 0.15) is 0 Å². The fourth-order valence-corrected chi connectivity index (χ4v) is 0.393. The average molecular weight is 190 g/mol. The molecule has 0 radical (unpaired) electrons. The quantitative estimate of drug-likeness (QED) is 0.291. The highest BCUT2D eigenvalue weighted by Gasteiger charge is 1.75. The van der Waals surface area contributed by atoms with E-state index in [-0.39, 0.29) is 0 Å². The van der Waals surface area contributed by atoms with Crippen LogP contribution in [0.5, 0.6) is 0 Å². The first kappa shape index (κ1) is 8.23. The molecule has 50 valence electrons. The van der Waals surface area contributed by atoms with Crippen molar-refractivity contribution in [1.82, 2.24) is 0 Å². The molecule has 0 heterocycles. The lowest BCUT2D eigenvalue weighted by atomic mass is 10.5. The fraction of sp³-hybridized carbons (Fsp3) is 0. The van der Waals surface area contributed by atoms with Gasteiger partial charge in [0, 0.05) is 16.9 Å². The van der Waals surface area contributed by atoms with Gasteiger partial charge in [0.25, 0.3) is 0 Å². The molecule has 0 aliphatic carbocycles. The molecule has 0 saturated heterocycles. The molecule has 0 aliphatic rings. The Morgan fingerprint density at radius 1 is 1.56 bits per heavy atom. The molecular formula is C5H8BrN3. The zero-order valence-corrected chi connectivity index (χ0v) is 6.38. The molecule has 0 aliphatic heterocycles. The molecule has 0 aromatic carbocycles. The lowest BCUT2D eigenvalue weighted by Crippen LogP contribution is -1.79. The summed E-state index contributed by atoms with van der Waals surface area (Å²) in [5, 5.41) is 3.24. The SMILES string of the molecule is N\C=C(Br)/C=C\C=N\N. The highest BCUT2D eigenvalue weighted by atomic mass is 79.9. The van der Waals surface area contributed by atoms with Crippen LogP contribution in [-0.2, 0) is 0 Å². The summed E-state index contributed by atoms with van der Waals surface area (Å²) in [5.74, 6) is 4.81. The first-order chi connectivity index (χ1) is 4.31. The Hall–Kier alpha value is -0.770. The van der Waals surface area contributed by atoms with Gasteiger partial charge in [-0.05, 0) is 28.1 Å². The molecule has 3 nitrogen and oxygen atoms in total. The van der Waals surface area contributed by atoms with E-state index in [0.29, 0.717) is 0 Å². The van der Waals surface area contributed by atoms with Crippen LogP contribution < -0.4 is 11.6 Å². The third-order valence-corrected chi connectivity index (χ3v) is 1.12. The Morgan fingerprint density at radius 2 is 2.22 bits per heavy atom. The van der Waals surface area contributed by atoms with Crippen LogP contribution >= 0.6 is 15.9 Å². The molecule has 0 spiro atoms. The van der Waals surface area contributed by atoms with Crippen LogP contribution in [0, 0.1) is 0 Å². The van der Waals surface area contributed by atoms with Crippen molar-refractivity contribution in [2.75, 3.05) is 0 Å². The zero-order chi connectivity index (χ0) is 7.11. The van der Waals surface area contributed by atoms with Gasteiger partial charge in [-0.15, -0.1) is 0 Å². The van der Waals surface area contributed by atoms with Crippen molar-refractivity contribution in [3.8, 4) is 0 Å². The summed E-state index contributed by atoms with van der Waals surface area (Å²) < 4.78 is 0.794. The first-order valence-electron chi connectivity index (χ1n) is 2.28. The summed E-state index contributed by atoms with van der Waals surface area (Å²) in [5.41, 5.74) is 5.12. The van der Waals surface area contributed by atoms with E-state index in [4.69, 9.17) is 11.6 Å². The van der Waals surface area contributed by atoms with Crippen molar-refractivity contribution in [2.45, 2.75) is 0 Å². The van der Waals surface area contributed by atoms with E-state index in [9.17, 15) is 0 Å². The summed E-state index contributed by atoms with van der Waals surface area (Å²) in [4.78, 5) is 0. The molecule has 0 fully saturated rings. The van der Waals surface area contributed by atoms with Crippen molar-refractivity contribution in [3.05, 3.63) is 22.8 Å². The van der Waals surface area contributed by atoms with Crippen LogP contribution in [0.2, 0.25) is 0 Å². The van der Waals surface area contributed by atoms with Crippen LogP contribution in [0.25, 0.3) is 0 Å². The van der Waals surface area contributed by atoms with E-state index >= 15 is 0 Å². The molecule has 4 heteroatoms. The van der Waals surface area contributed by atoms with Gasteiger partial charge < -0.3 is 11.6 Å². The summed E-state index contributed by atoms with van der Waals surface area (Å²) in [6, 6.07) is 0. The van der Waals surface area contributed by atoms with Gasteiger partial charge in [0.05, 0.1) is 0 Å². The highest BCUT2D eigenvalue weighted by Crippen LogP contribution is 2.02. The predicted molar refractivity (Wildman–Crippen MR) is 43.0 cm³/mol. The molecule has 0 unspecified atom stereocenters. The first-order valence-corrected chi connectivity index (χ1v) is 3.08. The lowest BCUT2D eigenvalue weighted by molar-refractivity contribution is 1.27. The van der Waals surface area contributed by atoms with Crippen molar-refractivity contribution in [1.29, 1.82) is 0 Å². The summed E-state index contributed by atoms with van der Waals surface area (Å²) in [7, 11) is 0. The number of nitrogens with two attached hydrogens (primary N) is 2. The van der Waals surface area contributed by atoms with Gasteiger partial charge in [0.2, 0.25) is 0 Å². The van der Waals surface area contributed by atoms with E-state index in [2.05, 4.69) is 21.0 Å². The maximum atomic E-state index is 5.12. The van der Waals surface area contributed by atoms with E-state index in [0.717, 1.165) is 4.48 Å². The van der Waals surface area contributed by atoms with Crippen LogP contribution in [0.15, 0.2) is 27.9 Å². The molecule has 0 atom stereocenters. The van der Waals surface area contributed by atoms with Crippen molar-refractivity contribution in [3.63, 3.8) is 0 Å². The largest absolute Gasteiger partial charge is 0.404 e. The van der Waals surface area contributed by atoms with Crippen LogP contribution in [0.3, 0.4) is 0 Å². The molecule has 0 saturated carbocycles. The van der Waals surface area contributed by atoms with Gasteiger partial charge in [-0.2, -0.15) is 5.10 Å². The van der Waals surface area contributed by atoms with Gasteiger partial charge >= 0.3 is 0 Å². The molecule has 0 aromatic heterocycles. The molecule has 0 amide bonds. The summed E-state index contributed by atoms with van der Waals surface area (Å²) in [6.45, 7) is 0. The normalized spacial score (nSPS) is 13.7. The maximum Gasteiger partial charge on any atom is 0.0466 e. The van der Waals surface area contributed by atoms with Gasteiger partial charge in [0.15, 0.2) is 0 Å². The smallest absolute Gasteiger partial charge is 0.0466 e. The van der Waals surface area contributed by atoms with Crippen LogP contribution in [0.4, 0.5) is 0 Å². The molecule has 0 rings (SSSR count). The number of rotatable bonds is 2. The molecular weight excluding hydrogens is 182 g/mol. The van der Waals surface area contributed by atoms with Crippen molar-refractivity contribution < 1.29 is 0 Å². The highest BCUT2D eigenvalue weighted by molar-refractivity contribution is 9.11. The third kappa shape index (κ3) is 5.10. The number of hydrazone groups is 1. The Balaban J connectivity index is 3.71. The van der Waals surface area contributed by atoms with E-state index < -0.39 is 0 Å². The summed E-state index contributed by atoms with van der Waals surface area (Å²) >= 11 is 3.15. The Labute approximate surface area is 62.2 Å². The van der Waals surface area contributed by atoms with E-state index in [1.54, 1.807) is 12.2 Å². The molecule has 9 heavy (non-hydrogen) atoms. The number of allylic oxidation sites excluding steroid dienone is 3. The number of hydrogen-bond donors (Lipinski definition) is 2. The molecule has 0 bridgehead atoms. The van der Waals surface area contributed by atoms with Gasteiger partial charge in [-0.25, -0.2) is 0 Å². The maximum absolute atomic E-state index is 5.12. The molecule has 4 N–H and O–H groups in total. The number of halogens is 1. The number of hydrogen-bond acceptors (Lipinski definition) is 3. The second kappa shape index (κ2) is 5.37. The lowest BCUT2D eigenvalue weighted by Gasteiger charge is -1.80. The van der Waals surface area contributed by atoms with Crippen LogP contribution in [0.1, 0.15) is 0 Å². The monoisotopic (exact) mass is 189 g/mol. The fourth-order valence-electron chi connectivity index (χ4n) is 0.240. The second-order valence-corrected chi connectivity index (χ2v) is 2.12. The predicted octanol–water partition coefficient (Wildman–Crippen LogP) is 0.682. The Bertz CT molecular complexity index is 148. The summed E-state index contributed by atoms with van der Waals surface area (Å²) in [6.07, 6.45) is 6.30. The minimum absolute atomic E-state index is 0.794. The topological polar surface area (TPSA) is 64.4 Å². The van der Waals surface area contributed by atoms with Gasteiger partial charge in [-0.1, -0.05) is 0 Å². The Morgan fingerprint density at radius 3 is 2.67 bits per heavy atom. The van der Waals surface area contributed by atoms with E-state index in [1.807, 2.05) is 0 Å². The second-order valence-electron chi connectivity index (χ2n) is 1.21.